The number of nitrogens with one attached hydrogen (secondary N) is 1. The number of nitriles is 1. The minimum absolute atomic E-state index is 0.0734. The van der Waals surface area contributed by atoms with E-state index in [1.165, 1.54) is 13.2 Å². The lowest BCUT2D eigenvalue weighted by atomic mass is 10.1. The standard InChI is InChI=1S/C23H23N3O4/c1-29-21-15-17(8-10-20(21)30-14-12-24)9-11-22(27)25-18-5-4-6-19(16-18)26-13-3-2-7-23(26)28/h4-6,8-11,15-16H,2-3,7,13-14H2,1H3,(H,25,27)/b11-9+. The third-order valence-electron chi connectivity index (χ3n) is 4.66. The molecule has 1 heterocycles. The lowest BCUT2D eigenvalue weighted by molar-refractivity contribution is -0.119. The molecule has 1 saturated heterocycles. The quantitative estimate of drug-likeness (QED) is 0.708. The first-order chi connectivity index (χ1) is 14.6. The van der Waals surface area contributed by atoms with Crippen LogP contribution in [-0.2, 0) is 9.59 Å². The van der Waals surface area contributed by atoms with Crippen LogP contribution in [0.4, 0.5) is 11.4 Å². The van der Waals surface area contributed by atoms with E-state index in [1.54, 1.807) is 41.3 Å². The van der Waals surface area contributed by atoms with Gasteiger partial charge in [0.2, 0.25) is 11.8 Å². The number of methoxy groups -OCH3 is 1. The summed E-state index contributed by atoms with van der Waals surface area (Å²) in [5.41, 5.74) is 2.16. The molecular weight excluding hydrogens is 382 g/mol. The molecule has 1 fully saturated rings. The van der Waals surface area contributed by atoms with Crippen LogP contribution in [0.2, 0.25) is 0 Å². The van der Waals surface area contributed by atoms with Crippen molar-refractivity contribution in [3.8, 4) is 17.6 Å². The Kier molecular flexibility index (Phi) is 7.06. The van der Waals surface area contributed by atoms with E-state index in [2.05, 4.69) is 5.32 Å². The van der Waals surface area contributed by atoms with Crippen molar-refractivity contribution in [3.05, 3.63) is 54.1 Å². The van der Waals surface area contributed by atoms with Crippen LogP contribution in [0.25, 0.3) is 6.08 Å². The number of nitrogens with zero attached hydrogens (tertiary/aromatic N) is 2. The number of benzene rings is 2. The number of ether oxygens (including phenoxy) is 2. The first-order valence-electron chi connectivity index (χ1n) is 9.68. The molecule has 2 amide bonds. The molecule has 7 nitrogen and oxygen atoms in total. The molecule has 7 heteroatoms. The van der Waals surface area contributed by atoms with Gasteiger partial charge in [-0.15, -0.1) is 0 Å². The van der Waals surface area contributed by atoms with Crippen LogP contribution in [-0.4, -0.2) is 32.1 Å². The van der Waals surface area contributed by atoms with Crippen molar-refractivity contribution < 1.29 is 19.1 Å². The van der Waals surface area contributed by atoms with Gasteiger partial charge in [-0.3, -0.25) is 9.59 Å². The van der Waals surface area contributed by atoms with Gasteiger partial charge in [-0.25, -0.2) is 0 Å². The van der Waals surface area contributed by atoms with Gasteiger partial charge in [-0.05, 0) is 54.8 Å². The summed E-state index contributed by atoms with van der Waals surface area (Å²) in [6.45, 7) is 0.627. The second-order valence-corrected chi connectivity index (χ2v) is 6.73. The molecule has 154 valence electrons. The van der Waals surface area contributed by atoms with Crippen LogP contribution < -0.4 is 19.7 Å². The molecule has 30 heavy (non-hydrogen) atoms. The minimum atomic E-state index is -0.291. The zero-order chi connectivity index (χ0) is 21.3. The van der Waals surface area contributed by atoms with E-state index >= 15 is 0 Å². The monoisotopic (exact) mass is 405 g/mol. The second kappa shape index (κ2) is 10.1. The van der Waals surface area contributed by atoms with Gasteiger partial charge >= 0.3 is 0 Å². The highest BCUT2D eigenvalue weighted by Gasteiger charge is 2.19. The van der Waals surface area contributed by atoms with Crippen molar-refractivity contribution in [2.45, 2.75) is 19.3 Å². The Morgan fingerprint density at radius 2 is 2.10 bits per heavy atom. The maximum atomic E-state index is 12.3. The highest BCUT2D eigenvalue weighted by molar-refractivity contribution is 6.02. The molecule has 0 atom stereocenters. The largest absolute Gasteiger partial charge is 0.493 e. The fourth-order valence-corrected chi connectivity index (χ4v) is 3.20. The van der Waals surface area contributed by atoms with Crippen LogP contribution in [0.3, 0.4) is 0 Å². The van der Waals surface area contributed by atoms with Crippen molar-refractivity contribution in [2.24, 2.45) is 0 Å². The van der Waals surface area contributed by atoms with Crippen molar-refractivity contribution in [1.82, 2.24) is 0 Å². The normalized spacial score (nSPS) is 13.7. The summed E-state index contributed by atoms with van der Waals surface area (Å²) >= 11 is 0. The number of piperidine rings is 1. The third-order valence-corrected chi connectivity index (χ3v) is 4.66. The topological polar surface area (TPSA) is 91.7 Å². The van der Waals surface area contributed by atoms with Crippen LogP contribution >= 0.6 is 0 Å². The van der Waals surface area contributed by atoms with Gasteiger partial charge in [0.25, 0.3) is 0 Å². The van der Waals surface area contributed by atoms with Crippen molar-refractivity contribution in [3.63, 3.8) is 0 Å². The predicted molar refractivity (Wildman–Crippen MR) is 114 cm³/mol. The van der Waals surface area contributed by atoms with E-state index in [-0.39, 0.29) is 18.4 Å². The summed E-state index contributed by atoms with van der Waals surface area (Å²) < 4.78 is 10.6. The molecule has 1 aliphatic rings. The van der Waals surface area contributed by atoms with Gasteiger partial charge in [0.15, 0.2) is 18.1 Å². The van der Waals surface area contributed by atoms with Crippen molar-refractivity contribution >= 4 is 29.3 Å². The van der Waals surface area contributed by atoms with Crippen LogP contribution in [0.5, 0.6) is 11.5 Å². The Morgan fingerprint density at radius 1 is 1.23 bits per heavy atom. The molecular formula is C23H23N3O4. The van der Waals surface area contributed by atoms with Crippen molar-refractivity contribution in [2.75, 3.05) is 30.5 Å². The number of hydrogen-bond acceptors (Lipinski definition) is 5. The molecule has 1 aliphatic heterocycles. The van der Waals surface area contributed by atoms with Crippen LogP contribution in [0, 0.1) is 11.3 Å². The average Bonchev–Trinajstić information content (AvgIpc) is 2.77. The summed E-state index contributed by atoms with van der Waals surface area (Å²) in [6, 6.07) is 14.4. The van der Waals surface area contributed by atoms with E-state index < -0.39 is 0 Å². The molecule has 0 aromatic heterocycles. The smallest absolute Gasteiger partial charge is 0.248 e. The van der Waals surface area contributed by atoms with Gasteiger partial charge < -0.3 is 19.7 Å². The molecule has 2 aromatic rings. The van der Waals surface area contributed by atoms with Crippen molar-refractivity contribution in [1.29, 1.82) is 5.26 Å². The van der Waals surface area contributed by atoms with E-state index in [4.69, 9.17) is 14.7 Å². The molecule has 0 unspecified atom stereocenters. The Morgan fingerprint density at radius 3 is 2.87 bits per heavy atom. The van der Waals surface area contributed by atoms with E-state index in [1.807, 2.05) is 18.2 Å². The average molecular weight is 405 g/mol. The third kappa shape index (κ3) is 5.39. The number of rotatable bonds is 7. The molecule has 0 spiro atoms. The van der Waals surface area contributed by atoms with Crippen LogP contribution in [0.1, 0.15) is 24.8 Å². The fourth-order valence-electron chi connectivity index (χ4n) is 3.20. The summed E-state index contributed by atoms with van der Waals surface area (Å²) in [6.07, 6.45) is 5.54. The number of carbonyl (C=O) groups is 2. The second-order valence-electron chi connectivity index (χ2n) is 6.73. The first-order valence-corrected chi connectivity index (χ1v) is 9.68. The maximum Gasteiger partial charge on any atom is 0.248 e. The highest BCUT2D eigenvalue weighted by atomic mass is 16.5. The Hall–Kier alpha value is -3.79. The van der Waals surface area contributed by atoms with Gasteiger partial charge in [-0.2, -0.15) is 5.26 Å². The minimum Gasteiger partial charge on any atom is -0.493 e. The Bertz CT molecular complexity index is 994. The maximum absolute atomic E-state index is 12.3. The molecule has 0 saturated carbocycles. The zero-order valence-corrected chi connectivity index (χ0v) is 16.8. The lowest BCUT2D eigenvalue weighted by Gasteiger charge is -2.27. The van der Waals surface area contributed by atoms with Gasteiger partial charge in [0.05, 0.1) is 7.11 Å². The molecule has 0 bridgehead atoms. The Balaban J connectivity index is 1.65. The predicted octanol–water partition coefficient (Wildman–Crippen LogP) is 3.77. The number of hydrogen-bond donors (Lipinski definition) is 1. The molecule has 1 N–H and O–H groups in total. The number of carbonyl (C=O) groups excluding carboxylic acids is 2. The summed E-state index contributed by atoms with van der Waals surface area (Å²) in [4.78, 5) is 26.2. The number of amides is 2. The summed E-state index contributed by atoms with van der Waals surface area (Å²) in [5, 5.41) is 11.4. The van der Waals surface area contributed by atoms with Gasteiger partial charge in [0, 0.05) is 30.4 Å². The lowest BCUT2D eigenvalue weighted by Crippen LogP contribution is -2.35. The fraction of sp³-hybridized carbons (Fsp3) is 0.261. The molecule has 0 aliphatic carbocycles. The zero-order valence-electron chi connectivity index (χ0n) is 16.8. The molecule has 2 aromatic carbocycles. The first kappa shape index (κ1) is 20.9. The summed E-state index contributed by atoms with van der Waals surface area (Å²) in [5.74, 6) is 0.762. The van der Waals surface area contributed by atoms with Gasteiger partial charge in [0.1, 0.15) is 6.07 Å². The summed E-state index contributed by atoms with van der Waals surface area (Å²) in [7, 11) is 1.51. The van der Waals surface area contributed by atoms with E-state index in [0.29, 0.717) is 30.2 Å². The molecule has 0 radical (unpaired) electrons. The van der Waals surface area contributed by atoms with E-state index in [0.717, 1.165) is 24.1 Å². The SMILES string of the molecule is COc1cc(/C=C/C(=O)Nc2cccc(N3CCCCC3=O)c2)ccc1OCC#N. The van der Waals surface area contributed by atoms with Gasteiger partial charge in [-0.1, -0.05) is 12.1 Å². The van der Waals surface area contributed by atoms with Crippen LogP contribution in [0.15, 0.2) is 48.5 Å². The Labute approximate surface area is 175 Å². The number of anilines is 2. The molecule has 3 rings (SSSR count). The highest BCUT2D eigenvalue weighted by Crippen LogP contribution is 2.28. The van der Waals surface area contributed by atoms with E-state index in [9.17, 15) is 9.59 Å².